The van der Waals surface area contributed by atoms with Crippen LogP contribution in [-0.2, 0) is 75.5 Å². The van der Waals surface area contributed by atoms with Crippen molar-refractivity contribution >= 4 is 5.91 Å². The first-order valence-electron chi connectivity index (χ1n) is 31.5. The summed E-state index contributed by atoms with van der Waals surface area (Å²) in [7, 11) is 0. The molecule has 7 rings (SSSR count). The van der Waals surface area contributed by atoms with E-state index < -0.39 is 48.6 Å². The lowest BCUT2D eigenvalue weighted by Crippen LogP contribution is -2.62. The third kappa shape index (κ3) is 23.6. The average molecular weight is 1130 g/mol. The number of unbranched alkanes of at least 4 members (excludes halogenated alkanes) is 14. The number of hydrogen-bond donors (Lipinski definition) is 1. The van der Waals surface area contributed by atoms with E-state index in [1.807, 2.05) is 111 Å². The van der Waals surface area contributed by atoms with Crippen molar-refractivity contribution in [2.75, 3.05) is 19.8 Å². The van der Waals surface area contributed by atoms with Gasteiger partial charge in [0, 0.05) is 6.42 Å². The lowest BCUT2D eigenvalue weighted by molar-refractivity contribution is -0.329. The van der Waals surface area contributed by atoms with Gasteiger partial charge in [-0.1, -0.05) is 237 Å². The van der Waals surface area contributed by atoms with Crippen LogP contribution in [0.25, 0.3) is 0 Å². The van der Waals surface area contributed by atoms with Gasteiger partial charge in [-0.2, -0.15) is 0 Å². The molecule has 1 amide bonds. The lowest BCUT2D eigenvalue weighted by atomic mass is 9.97. The Bertz CT molecular complexity index is 2410. The van der Waals surface area contributed by atoms with Crippen molar-refractivity contribution < 1.29 is 47.4 Å². The van der Waals surface area contributed by atoms with Gasteiger partial charge in [-0.15, -0.1) is 0 Å². The molecule has 5 unspecified atom stereocenters. The van der Waals surface area contributed by atoms with Gasteiger partial charge >= 0.3 is 0 Å². The van der Waals surface area contributed by atoms with E-state index in [0.717, 1.165) is 86.0 Å². The van der Waals surface area contributed by atoms with E-state index in [-0.39, 0.29) is 31.8 Å². The zero-order chi connectivity index (χ0) is 57.3. The number of hydrogen-bond acceptors (Lipinski definition) is 10. The molecule has 11 heteroatoms. The normalized spacial score (nSPS) is 20.9. The van der Waals surface area contributed by atoms with Crippen LogP contribution < -0.4 is 10.1 Å². The SMILES string of the molecule is CCCCCCCCCCCCCCOc1ccc(CCCCC(=O)N[C@@H](COC2OC(COCc3ccccc3)C(OCc3ccccc3)C(OCc3ccccc3)C2OCc2ccccc2)[C@@H]2OC(C)(C)O[C@H]2CCCCC)cc1. The van der Waals surface area contributed by atoms with Gasteiger partial charge in [-0.25, -0.2) is 0 Å². The molecule has 2 aliphatic rings. The predicted molar refractivity (Wildman–Crippen MR) is 326 cm³/mol. The van der Waals surface area contributed by atoms with Gasteiger partial charge < -0.3 is 47.9 Å². The maximum atomic E-state index is 14.2. The molecule has 448 valence electrons. The molecule has 2 heterocycles. The molecule has 0 saturated carbocycles. The summed E-state index contributed by atoms with van der Waals surface area (Å²) in [5, 5.41) is 3.39. The summed E-state index contributed by atoms with van der Waals surface area (Å²) in [6.45, 7) is 10.6. The number of carbonyl (C=O) groups is 1. The lowest BCUT2D eigenvalue weighted by Gasteiger charge is -2.46. The van der Waals surface area contributed by atoms with Crippen molar-refractivity contribution in [1.29, 1.82) is 0 Å². The van der Waals surface area contributed by atoms with E-state index in [9.17, 15) is 4.79 Å². The molecule has 0 radical (unpaired) electrons. The van der Waals surface area contributed by atoms with Gasteiger partial charge in [0.25, 0.3) is 0 Å². The van der Waals surface area contributed by atoms with E-state index >= 15 is 0 Å². The number of nitrogens with one attached hydrogen (secondary N) is 1. The summed E-state index contributed by atoms with van der Waals surface area (Å²) < 4.78 is 61.0. The quantitative estimate of drug-likeness (QED) is 0.0380. The van der Waals surface area contributed by atoms with Crippen LogP contribution in [0.4, 0.5) is 0 Å². The smallest absolute Gasteiger partial charge is 0.220 e. The van der Waals surface area contributed by atoms with Crippen LogP contribution >= 0.6 is 0 Å². The van der Waals surface area contributed by atoms with Crippen molar-refractivity contribution in [2.45, 2.75) is 237 Å². The standard InChI is InChI=1S/C71H99NO10/c1-5-7-9-10-11-12-13-14-15-16-17-33-49-75-61-47-45-56(46-48-61)34-31-32-44-65(73)72-62(66-63(43-22-8-6-2)81-71(3,4)82-66)54-79-70-69(78-53-60-41-29-21-30-42-60)68(77-52-59-39-27-20-28-40-59)67(76-51-58-37-25-19-26-38-58)64(80-70)55-74-50-57-35-23-18-24-36-57/h18-21,23-30,35-42,45-48,62-64,66-70H,5-17,22,31-34,43-44,49-55H2,1-4H3,(H,72,73)/t62-,63-,64?,66-,67?,68?,69?,70?/m0/s1. The Morgan fingerprint density at radius 3 is 1.56 bits per heavy atom. The number of carbonyl (C=O) groups excluding carboxylic acids is 1. The third-order valence-electron chi connectivity index (χ3n) is 15.6. The Morgan fingerprint density at radius 1 is 0.500 bits per heavy atom. The largest absolute Gasteiger partial charge is 0.494 e. The Labute approximate surface area is 492 Å². The van der Waals surface area contributed by atoms with Crippen LogP contribution in [0.5, 0.6) is 5.75 Å². The topological polar surface area (TPSA) is 112 Å². The maximum Gasteiger partial charge on any atom is 0.220 e. The summed E-state index contributed by atoms with van der Waals surface area (Å²) in [5.41, 5.74) is 5.29. The highest BCUT2D eigenvalue weighted by molar-refractivity contribution is 5.76. The number of aryl methyl sites for hydroxylation is 1. The predicted octanol–water partition coefficient (Wildman–Crippen LogP) is 15.8. The molecule has 82 heavy (non-hydrogen) atoms. The molecule has 2 fully saturated rings. The van der Waals surface area contributed by atoms with Gasteiger partial charge in [-0.3, -0.25) is 4.79 Å². The molecule has 11 nitrogen and oxygen atoms in total. The second kappa shape index (κ2) is 37.4. The monoisotopic (exact) mass is 1130 g/mol. The van der Waals surface area contributed by atoms with Crippen LogP contribution in [-0.4, -0.2) is 80.5 Å². The molecule has 0 spiro atoms. The molecule has 2 saturated heterocycles. The van der Waals surface area contributed by atoms with Gasteiger partial charge in [0.1, 0.15) is 36.3 Å². The second-order valence-corrected chi connectivity index (χ2v) is 23.1. The van der Waals surface area contributed by atoms with Crippen LogP contribution in [0.2, 0.25) is 0 Å². The molecule has 0 aliphatic carbocycles. The number of benzene rings is 5. The van der Waals surface area contributed by atoms with Gasteiger partial charge in [0.2, 0.25) is 5.91 Å². The Balaban J connectivity index is 1.02. The zero-order valence-electron chi connectivity index (χ0n) is 50.1. The van der Waals surface area contributed by atoms with E-state index in [2.05, 4.69) is 67.7 Å². The molecule has 2 aliphatic heterocycles. The Morgan fingerprint density at radius 2 is 1.00 bits per heavy atom. The fourth-order valence-corrected chi connectivity index (χ4v) is 11.1. The summed E-state index contributed by atoms with van der Waals surface area (Å²) in [5.74, 6) is -0.0104. The molecule has 5 aromatic carbocycles. The van der Waals surface area contributed by atoms with Crippen molar-refractivity contribution in [2.24, 2.45) is 0 Å². The highest BCUT2D eigenvalue weighted by Gasteiger charge is 2.51. The highest BCUT2D eigenvalue weighted by Crippen LogP contribution is 2.36. The summed E-state index contributed by atoms with van der Waals surface area (Å²) in [6.07, 6.45) is 18.2. The summed E-state index contributed by atoms with van der Waals surface area (Å²) >= 11 is 0. The minimum atomic E-state index is -0.967. The number of rotatable bonds is 41. The molecule has 5 aromatic rings. The van der Waals surface area contributed by atoms with Crippen molar-refractivity contribution in [3.8, 4) is 5.75 Å². The maximum absolute atomic E-state index is 14.2. The van der Waals surface area contributed by atoms with Crippen molar-refractivity contribution in [1.82, 2.24) is 5.32 Å². The minimum Gasteiger partial charge on any atom is -0.494 e. The summed E-state index contributed by atoms with van der Waals surface area (Å²) in [6, 6.07) is 48.3. The van der Waals surface area contributed by atoms with E-state index in [1.165, 1.54) is 76.2 Å². The molecule has 8 atom stereocenters. The van der Waals surface area contributed by atoms with Crippen LogP contribution in [0.15, 0.2) is 146 Å². The van der Waals surface area contributed by atoms with Gasteiger partial charge in [0.05, 0.1) is 58.4 Å². The van der Waals surface area contributed by atoms with Gasteiger partial charge in [-0.05, 0) is 85.9 Å². The van der Waals surface area contributed by atoms with Crippen LogP contribution in [0.3, 0.4) is 0 Å². The van der Waals surface area contributed by atoms with Crippen molar-refractivity contribution in [3.05, 3.63) is 173 Å². The van der Waals surface area contributed by atoms with E-state index in [4.69, 9.17) is 42.6 Å². The molecule has 0 aromatic heterocycles. The van der Waals surface area contributed by atoms with Crippen molar-refractivity contribution in [3.63, 3.8) is 0 Å². The molecule has 1 N–H and O–H groups in total. The Hall–Kier alpha value is -4.95. The fraction of sp³-hybridized carbons (Fsp3) is 0.563. The Kier molecular flexibility index (Phi) is 29.5. The number of ether oxygens (including phenoxy) is 9. The highest BCUT2D eigenvalue weighted by atomic mass is 16.8. The third-order valence-corrected chi connectivity index (χ3v) is 15.6. The first kappa shape index (κ1) is 64.6. The second-order valence-electron chi connectivity index (χ2n) is 23.1. The van der Waals surface area contributed by atoms with Gasteiger partial charge in [0.15, 0.2) is 12.1 Å². The van der Waals surface area contributed by atoms with E-state index in [0.29, 0.717) is 26.2 Å². The zero-order valence-corrected chi connectivity index (χ0v) is 50.1. The molecular weight excluding hydrogens is 1030 g/mol. The van der Waals surface area contributed by atoms with Crippen LogP contribution in [0.1, 0.15) is 178 Å². The fourth-order valence-electron chi connectivity index (χ4n) is 11.1. The first-order chi connectivity index (χ1) is 40.3. The minimum absolute atomic E-state index is 0.0578. The van der Waals surface area contributed by atoms with Crippen LogP contribution in [0, 0.1) is 0 Å². The molecule has 0 bridgehead atoms. The molecular formula is C71H99NO10. The summed E-state index contributed by atoms with van der Waals surface area (Å²) in [4.78, 5) is 14.2. The first-order valence-corrected chi connectivity index (χ1v) is 31.5. The van der Waals surface area contributed by atoms with E-state index in [1.54, 1.807) is 0 Å². The number of amides is 1. The average Bonchev–Trinajstić information content (AvgIpc) is 3.99.